The molecule has 1 aliphatic carbocycles. The predicted molar refractivity (Wildman–Crippen MR) is 92.8 cm³/mol. The van der Waals surface area contributed by atoms with Gasteiger partial charge in [0.2, 0.25) is 0 Å². The van der Waals surface area contributed by atoms with E-state index >= 15 is 0 Å². The summed E-state index contributed by atoms with van der Waals surface area (Å²) in [5.41, 5.74) is 2.27. The molecule has 1 aromatic carbocycles. The van der Waals surface area contributed by atoms with Crippen molar-refractivity contribution in [3.63, 3.8) is 0 Å². The second-order valence-corrected chi connectivity index (χ2v) is 7.01. The smallest absolute Gasteiger partial charge is 0.321 e. The van der Waals surface area contributed by atoms with Crippen molar-refractivity contribution >= 4 is 11.7 Å². The number of aromatic nitrogens is 2. The van der Waals surface area contributed by atoms with Gasteiger partial charge in [-0.15, -0.1) is 0 Å². The lowest BCUT2D eigenvalue weighted by Gasteiger charge is -2.43. The van der Waals surface area contributed by atoms with Crippen LogP contribution in [-0.4, -0.2) is 34.0 Å². The summed E-state index contributed by atoms with van der Waals surface area (Å²) in [5, 5.41) is 2.93. The van der Waals surface area contributed by atoms with Crippen LogP contribution in [0.15, 0.2) is 42.7 Å². The third kappa shape index (κ3) is 2.64. The second kappa shape index (κ2) is 5.89. The number of anilines is 1. The van der Waals surface area contributed by atoms with E-state index in [1.165, 1.54) is 24.8 Å². The number of urea groups is 1. The van der Waals surface area contributed by atoms with Gasteiger partial charge < -0.3 is 10.2 Å². The summed E-state index contributed by atoms with van der Waals surface area (Å²) in [5.74, 6) is 1.14. The Hall–Kier alpha value is -2.43. The van der Waals surface area contributed by atoms with Crippen LogP contribution in [0.5, 0.6) is 0 Å². The van der Waals surface area contributed by atoms with Gasteiger partial charge in [0, 0.05) is 19.0 Å². The van der Waals surface area contributed by atoms with Crippen LogP contribution in [0.4, 0.5) is 10.5 Å². The Labute approximate surface area is 142 Å². The van der Waals surface area contributed by atoms with Gasteiger partial charge in [0.15, 0.2) is 0 Å². The minimum absolute atomic E-state index is 0.0489. The molecule has 2 fully saturated rings. The highest BCUT2D eigenvalue weighted by molar-refractivity contribution is 5.89. The van der Waals surface area contributed by atoms with Gasteiger partial charge in [-0.2, -0.15) is 0 Å². The van der Waals surface area contributed by atoms with Crippen LogP contribution in [0.25, 0.3) is 0 Å². The topological polar surface area (TPSA) is 58.1 Å². The van der Waals surface area contributed by atoms with E-state index in [2.05, 4.69) is 39.6 Å². The lowest BCUT2D eigenvalue weighted by Crippen LogP contribution is -2.39. The molecule has 2 aliphatic rings. The number of aryl methyl sites for hydroxylation is 1. The van der Waals surface area contributed by atoms with Crippen molar-refractivity contribution in [2.45, 2.75) is 32.1 Å². The van der Waals surface area contributed by atoms with Crippen LogP contribution in [-0.2, 0) is 0 Å². The molecule has 1 aliphatic heterocycles. The van der Waals surface area contributed by atoms with E-state index < -0.39 is 0 Å². The minimum atomic E-state index is -0.0489. The monoisotopic (exact) mass is 322 g/mol. The summed E-state index contributed by atoms with van der Waals surface area (Å²) >= 11 is 0. The third-order valence-electron chi connectivity index (χ3n) is 5.52. The molecule has 0 unspecified atom stereocenters. The number of hydrogen-bond acceptors (Lipinski definition) is 3. The molecule has 2 amide bonds. The number of benzene rings is 1. The summed E-state index contributed by atoms with van der Waals surface area (Å²) in [6.45, 7) is 3.45. The number of rotatable bonds is 2. The molecule has 124 valence electrons. The molecule has 24 heavy (non-hydrogen) atoms. The Morgan fingerprint density at radius 3 is 2.54 bits per heavy atom. The molecule has 2 aromatic rings. The number of carbonyl (C=O) groups excluding carboxylic acids is 1. The Balaban J connectivity index is 1.51. The van der Waals surface area contributed by atoms with Gasteiger partial charge in [-0.25, -0.2) is 14.8 Å². The lowest BCUT2D eigenvalue weighted by atomic mass is 9.61. The highest BCUT2D eigenvalue weighted by atomic mass is 16.2. The predicted octanol–water partition coefficient (Wildman–Crippen LogP) is 3.59. The van der Waals surface area contributed by atoms with Crippen molar-refractivity contribution in [1.82, 2.24) is 14.9 Å². The summed E-state index contributed by atoms with van der Waals surface area (Å²) in [6.07, 6.45) is 7.01. The molecule has 1 spiro atoms. The number of hydrogen-bond donors (Lipinski definition) is 1. The van der Waals surface area contributed by atoms with Crippen molar-refractivity contribution in [3.8, 4) is 0 Å². The molecule has 1 saturated heterocycles. The molecule has 1 saturated carbocycles. The van der Waals surface area contributed by atoms with Gasteiger partial charge in [-0.3, -0.25) is 0 Å². The minimum Gasteiger partial charge on any atom is -0.323 e. The molecular weight excluding hydrogens is 300 g/mol. The molecule has 4 rings (SSSR count). The Morgan fingerprint density at radius 2 is 1.92 bits per heavy atom. The number of nitrogens with one attached hydrogen (secondary N) is 1. The Bertz CT molecular complexity index is 725. The zero-order chi connectivity index (χ0) is 16.6. The van der Waals surface area contributed by atoms with Crippen LogP contribution in [0.3, 0.4) is 0 Å². The van der Waals surface area contributed by atoms with Gasteiger partial charge in [-0.1, -0.05) is 36.8 Å². The van der Waals surface area contributed by atoms with Crippen LogP contribution in [0.2, 0.25) is 0 Å². The van der Waals surface area contributed by atoms with Crippen LogP contribution in [0.1, 0.15) is 36.6 Å². The quantitative estimate of drug-likeness (QED) is 0.919. The third-order valence-corrected chi connectivity index (χ3v) is 5.52. The maximum atomic E-state index is 12.7. The van der Waals surface area contributed by atoms with Gasteiger partial charge >= 0.3 is 6.03 Å². The van der Waals surface area contributed by atoms with Crippen molar-refractivity contribution in [1.29, 1.82) is 0 Å². The maximum absolute atomic E-state index is 12.7. The fraction of sp³-hybridized carbons (Fsp3) is 0.421. The molecular formula is C19H22N4O. The molecule has 1 atom stereocenters. The number of amides is 2. The Morgan fingerprint density at radius 1 is 1.21 bits per heavy atom. The number of likely N-dealkylation sites (tertiary alicyclic amines) is 1. The second-order valence-electron chi connectivity index (χ2n) is 7.01. The fourth-order valence-electron chi connectivity index (χ4n) is 4.07. The molecule has 2 heterocycles. The zero-order valence-electron chi connectivity index (χ0n) is 13.9. The molecule has 1 N–H and O–H groups in total. The molecule has 0 radical (unpaired) electrons. The molecule has 1 aromatic heterocycles. The van der Waals surface area contributed by atoms with Crippen LogP contribution >= 0.6 is 0 Å². The summed E-state index contributed by atoms with van der Waals surface area (Å²) in [4.78, 5) is 22.9. The van der Waals surface area contributed by atoms with E-state index in [0.717, 1.165) is 13.1 Å². The lowest BCUT2D eigenvalue weighted by molar-refractivity contribution is 0.125. The first kappa shape index (κ1) is 15.1. The van der Waals surface area contributed by atoms with Gasteiger partial charge in [0.1, 0.15) is 5.82 Å². The molecule has 0 bridgehead atoms. The van der Waals surface area contributed by atoms with Crippen molar-refractivity contribution in [2.75, 3.05) is 18.4 Å². The average molecular weight is 322 g/mol. The Kier molecular flexibility index (Phi) is 3.71. The van der Waals surface area contributed by atoms with E-state index in [0.29, 0.717) is 17.4 Å². The van der Waals surface area contributed by atoms with Gasteiger partial charge in [0.05, 0.1) is 18.1 Å². The van der Waals surface area contributed by atoms with E-state index in [4.69, 9.17) is 0 Å². The van der Waals surface area contributed by atoms with Crippen LogP contribution < -0.4 is 5.32 Å². The molecule has 5 nitrogen and oxygen atoms in total. The normalized spacial score (nSPS) is 21.5. The van der Waals surface area contributed by atoms with Crippen molar-refractivity contribution < 1.29 is 4.79 Å². The molecule has 5 heteroatoms. The van der Waals surface area contributed by atoms with E-state index in [1.807, 2.05) is 17.9 Å². The van der Waals surface area contributed by atoms with E-state index in [9.17, 15) is 4.79 Å². The highest BCUT2D eigenvalue weighted by Crippen LogP contribution is 2.55. The summed E-state index contributed by atoms with van der Waals surface area (Å²) < 4.78 is 0. The fourth-order valence-corrected chi connectivity index (χ4v) is 4.07. The zero-order valence-corrected chi connectivity index (χ0v) is 13.9. The summed E-state index contributed by atoms with van der Waals surface area (Å²) in [7, 11) is 0. The summed E-state index contributed by atoms with van der Waals surface area (Å²) in [6, 6.07) is 10.6. The van der Waals surface area contributed by atoms with Gasteiger partial charge in [0.25, 0.3) is 0 Å². The number of nitrogens with zero attached hydrogens (tertiary/aromatic N) is 3. The first-order chi connectivity index (χ1) is 11.7. The first-order valence-corrected chi connectivity index (χ1v) is 8.56. The van der Waals surface area contributed by atoms with Crippen molar-refractivity contribution in [2.24, 2.45) is 5.41 Å². The van der Waals surface area contributed by atoms with E-state index in [-0.39, 0.29) is 11.4 Å². The van der Waals surface area contributed by atoms with Gasteiger partial charge in [-0.05, 0) is 30.7 Å². The maximum Gasteiger partial charge on any atom is 0.321 e. The number of carbonyl (C=O) groups is 1. The van der Waals surface area contributed by atoms with Crippen LogP contribution in [0, 0.1) is 12.3 Å². The average Bonchev–Trinajstić information content (AvgIpc) is 2.99. The highest BCUT2D eigenvalue weighted by Gasteiger charge is 2.51. The van der Waals surface area contributed by atoms with E-state index in [1.54, 1.807) is 12.4 Å². The first-order valence-electron chi connectivity index (χ1n) is 8.56. The standard InChI is InChI=1S/C19H22N4O/c1-14-20-10-16(11-21-14)22-18(24)23-12-17(15-6-3-2-4-7-15)19(13-23)8-5-9-19/h2-4,6-7,10-11,17H,5,8-9,12-13H2,1H3,(H,22,24)/t17-/m1/s1. The SMILES string of the molecule is Cc1ncc(NC(=O)N2C[C@H](c3ccccc3)C3(CCC3)C2)cn1. The largest absolute Gasteiger partial charge is 0.323 e. The van der Waals surface area contributed by atoms with Crippen molar-refractivity contribution in [3.05, 3.63) is 54.1 Å².